The molecule has 0 aromatic carbocycles. The predicted octanol–water partition coefficient (Wildman–Crippen LogP) is 3.44. The Morgan fingerprint density at radius 3 is 2.70 bits per heavy atom. The maximum absolute atomic E-state index is 14.0. The molecule has 0 spiro atoms. The lowest BCUT2D eigenvalue weighted by Gasteiger charge is -2.11. The molecule has 0 fully saturated rings. The predicted molar refractivity (Wildman–Crippen MR) is 63.4 cm³/mol. The molecule has 0 amide bonds. The van der Waals surface area contributed by atoms with Crippen LogP contribution in [-0.2, 0) is 19.1 Å². The smallest absolute Gasteiger partial charge is 0.269 e. The normalized spacial score (nSPS) is 15.2. The zero-order valence-electron chi connectivity index (χ0n) is 10.4. The van der Waals surface area contributed by atoms with Gasteiger partial charge in [0.15, 0.2) is 11.5 Å². The second-order valence-corrected chi connectivity index (χ2v) is 4.72. The number of alkyl halides is 3. The van der Waals surface area contributed by atoms with E-state index in [1.807, 2.05) is 0 Å². The van der Waals surface area contributed by atoms with Crippen molar-refractivity contribution in [2.45, 2.75) is 32.0 Å². The lowest BCUT2D eigenvalue weighted by atomic mass is 10.1. The topological polar surface area (TPSA) is 30.7 Å². The van der Waals surface area contributed by atoms with Crippen LogP contribution in [0.4, 0.5) is 17.6 Å². The number of fused-ring (bicyclic) bond motifs is 1. The van der Waals surface area contributed by atoms with E-state index in [1.54, 1.807) is 10.7 Å². The zero-order valence-corrected chi connectivity index (χ0v) is 10.4. The van der Waals surface area contributed by atoms with Crippen LogP contribution in [0.2, 0.25) is 0 Å². The lowest BCUT2D eigenvalue weighted by Crippen LogP contribution is -2.12. The minimum Gasteiger partial charge on any atom is -0.269 e. The number of hydrogen-bond acceptors (Lipinski definition) is 2. The summed E-state index contributed by atoms with van der Waals surface area (Å²) in [6.45, 7) is 0.716. The zero-order chi connectivity index (χ0) is 14.3. The summed E-state index contributed by atoms with van der Waals surface area (Å²) >= 11 is 0. The monoisotopic (exact) mass is 285 g/mol. The van der Waals surface area contributed by atoms with Crippen molar-refractivity contribution in [1.82, 2.24) is 14.8 Å². The van der Waals surface area contributed by atoms with E-state index in [-0.39, 0.29) is 11.3 Å². The Bertz CT molecular complexity index is 622. The molecule has 0 saturated heterocycles. The van der Waals surface area contributed by atoms with Gasteiger partial charge in [0.25, 0.3) is 0 Å². The van der Waals surface area contributed by atoms with Gasteiger partial charge < -0.3 is 0 Å². The van der Waals surface area contributed by atoms with Crippen LogP contribution in [0.25, 0.3) is 11.3 Å². The van der Waals surface area contributed by atoms with Gasteiger partial charge in [-0.25, -0.2) is 9.37 Å². The van der Waals surface area contributed by atoms with Gasteiger partial charge in [-0.2, -0.15) is 18.3 Å². The van der Waals surface area contributed by atoms with Gasteiger partial charge >= 0.3 is 6.18 Å². The van der Waals surface area contributed by atoms with Gasteiger partial charge in [-0.1, -0.05) is 0 Å². The molecule has 106 valence electrons. The third-order valence-electron chi connectivity index (χ3n) is 3.35. The summed E-state index contributed by atoms with van der Waals surface area (Å²) in [5.41, 5.74) is -0.501. The molecule has 1 aliphatic heterocycles. The number of aryl methyl sites for hydroxylation is 2. The second-order valence-electron chi connectivity index (χ2n) is 4.72. The third kappa shape index (κ3) is 2.17. The van der Waals surface area contributed by atoms with Crippen molar-refractivity contribution < 1.29 is 17.6 Å². The molecule has 3 rings (SSSR count). The summed E-state index contributed by atoms with van der Waals surface area (Å²) in [4.78, 5) is 3.08. The molecule has 3 nitrogen and oxygen atoms in total. The van der Waals surface area contributed by atoms with Crippen LogP contribution >= 0.6 is 0 Å². The van der Waals surface area contributed by atoms with Crippen LogP contribution < -0.4 is 0 Å². The Morgan fingerprint density at radius 1 is 1.20 bits per heavy atom. The van der Waals surface area contributed by atoms with Gasteiger partial charge in [0.2, 0.25) is 0 Å². The van der Waals surface area contributed by atoms with Gasteiger partial charge in [0, 0.05) is 24.0 Å². The molecule has 20 heavy (non-hydrogen) atoms. The van der Waals surface area contributed by atoms with Crippen LogP contribution in [0.1, 0.15) is 24.2 Å². The molecule has 0 bridgehead atoms. The van der Waals surface area contributed by atoms with Gasteiger partial charge in [-0.05, 0) is 31.4 Å². The Balaban J connectivity index is 2.08. The number of halogens is 4. The van der Waals surface area contributed by atoms with Crippen LogP contribution in [0.15, 0.2) is 18.3 Å². The average Bonchev–Trinajstić information content (AvgIpc) is 2.81. The fourth-order valence-electron chi connectivity index (χ4n) is 2.39. The number of aromatic nitrogens is 3. The highest BCUT2D eigenvalue weighted by Gasteiger charge is 2.37. The fourth-order valence-corrected chi connectivity index (χ4v) is 2.39. The number of pyridine rings is 1. The first-order valence-electron chi connectivity index (χ1n) is 6.25. The van der Waals surface area contributed by atoms with Gasteiger partial charge in [0.1, 0.15) is 0 Å². The van der Waals surface area contributed by atoms with E-state index < -0.39 is 17.7 Å². The molecule has 0 saturated carbocycles. The quantitative estimate of drug-likeness (QED) is 0.751. The molecular formula is C13H11F4N3. The van der Waals surface area contributed by atoms with Crippen molar-refractivity contribution in [2.75, 3.05) is 0 Å². The van der Waals surface area contributed by atoms with Crippen molar-refractivity contribution in [3.8, 4) is 11.3 Å². The molecule has 0 aliphatic carbocycles. The van der Waals surface area contributed by atoms with Crippen LogP contribution in [-0.4, -0.2) is 14.8 Å². The van der Waals surface area contributed by atoms with Crippen molar-refractivity contribution in [1.29, 1.82) is 0 Å². The lowest BCUT2D eigenvalue weighted by molar-refractivity contribution is -0.143. The Morgan fingerprint density at radius 2 is 2.00 bits per heavy atom. The first-order chi connectivity index (χ1) is 9.47. The molecule has 0 unspecified atom stereocenters. The van der Waals surface area contributed by atoms with E-state index in [0.717, 1.165) is 31.2 Å². The van der Waals surface area contributed by atoms with Crippen molar-refractivity contribution in [2.24, 2.45) is 0 Å². The van der Waals surface area contributed by atoms with E-state index >= 15 is 0 Å². The largest absolute Gasteiger partial charge is 0.436 e. The average molecular weight is 285 g/mol. The number of rotatable bonds is 1. The highest BCUT2D eigenvalue weighted by Crippen LogP contribution is 2.34. The minimum absolute atomic E-state index is 0.158. The molecule has 2 aromatic heterocycles. The minimum atomic E-state index is -4.81. The van der Waals surface area contributed by atoms with Crippen LogP contribution in [0, 0.1) is 5.82 Å². The van der Waals surface area contributed by atoms with Crippen molar-refractivity contribution >= 4 is 0 Å². The number of hydrogen-bond donors (Lipinski definition) is 0. The summed E-state index contributed by atoms with van der Waals surface area (Å²) in [6, 6.07) is 2.87. The first-order valence-corrected chi connectivity index (χ1v) is 6.25. The van der Waals surface area contributed by atoms with Gasteiger partial charge in [-0.3, -0.25) is 4.68 Å². The molecule has 0 radical (unpaired) electrons. The van der Waals surface area contributed by atoms with Gasteiger partial charge in [0.05, 0.1) is 5.69 Å². The molecule has 2 aromatic rings. The summed E-state index contributed by atoms with van der Waals surface area (Å²) < 4.78 is 53.6. The van der Waals surface area contributed by atoms with E-state index in [2.05, 4.69) is 10.1 Å². The van der Waals surface area contributed by atoms with Crippen LogP contribution in [0.5, 0.6) is 0 Å². The summed E-state index contributed by atoms with van der Waals surface area (Å²) in [5.74, 6) is -1.37. The summed E-state index contributed by atoms with van der Waals surface area (Å²) in [7, 11) is 0. The SMILES string of the molecule is Fc1c(-c2cc3n(n2)CCCC3)ccnc1C(F)(F)F. The Kier molecular flexibility index (Phi) is 2.99. The first kappa shape index (κ1) is 13.1. The molecular weight excluding hydrogens is 274 g/mol. The van der Waals surface area contributed by atoms with E-state index in [9.17, 15) is 17.6 Å². The van der Waals surface area contributed by atoms with Crippen molar-refractivity contribution in [3.05, 3.63) is 35.5 Å². The molecule has 3 heterocycles. The van der Waals surface area contributed by atoms with E-state index in [0.29, 0.717) is 6.54 Å². The second kappa shape index (κ2) is 4.57. The molecule has 1 aliphatic rings. The van der Waals surface area contributed by atoms with E-state index in [1.165, 1.54) is 6.07 Å². The standard InChI is InChI=1S/C13H11F4N3/c14-11-9(4-5-18-12(11)13(15,16)17)10-7-8-3-1-2-6-20(8)19-10/h4-5,7H,1-3,6H2. The van der Waals surface area contributed by atoms with Crippen LogP contribution in [0.3, 0.4) is 0 Å². The highest BCUT2D eigenvalue weighted by molar-refractivity contribution is 5.60. The maximum Gasteiger partial charge on any atom is 0.436 e. The van der Waals surface area contributed by atoms with Crippen molar-refractivity contribution in [3.63, 3.8) is 0 Å². The molecule has 0 N–H and O–H groups in total. The molecule has 7 heteroatoms. The Hall–Kier alpha value is -1.92. The van der Waals surface area contributed by atoms with Gasteiger partial charge in [-0.15, -0.1) is 0 Å². The highest BCUT2D eigenvalue weighted by atomic mass is 19.4. The van der Waals surface area contributed by atoms with E-state index in [4.69, 9.17) is 0 Å². The Labute approximate surface area is 112 Å². The molecule has 0 atom stereocenters. The maximum atomic E-state index is 14.0. The summed E-state index contributed by atoms with van der Waals surface area (Å²) in [5, 5.41) is 4.19. The third-order valence-corrected chi connectivity index (χ3v) is 3.35. The fraction of sp³-hybridized carbons (Fsp3) is 0.385. The summed E-state index contributed by atoms with van der Waals surface area (Å²) in [6.07, 6.45) is -1.05. The number of nitrogens with zero attached hydrogens (tertiary/aromatic N) is 3.